The average Bonchev–Trinajstić information content (AvgIpc) is 3.38. The largest absolute Gasteiger partial charge is 0.497 e. The van der Waals surface area contributed by atoms with Crippen LogP contribution in [0.15, 0.2) is 53.5 Å². The van der Waals surface area contributed by atoms with Crippen molar-refractivity contribution in [1.29, 1.82) is 0 Å². The number of nitrogens with zero attached hydrogens (tertiary/aromatic N) is 1. The minimum absolute atomic E-state index is 0.408. The Morgan fingerprint density at radius 1 is 1.25 bits per heavy atom. The second-order valence-corrected chi connectivity index (χ2v) is 6.36. The summed E-state index contributed by atoms with van der Waals surface area (Å²) in [7, 11) is 3.46. The lowest BCUT2D eigenvalue weighted by Crippen LogP contribution is -2.38. The zero-order chi connectivity index (χ0) is 16.9. The summed E-state index contributed by atoms with van der Waals surface area (Å²) in [4.78, 5) is 4.31. The van der Waals surface area contributed by atoms with Crippen molar-refractivity contribution in [2.24, 2.45) is 4.99 Å². The van der Waals surface area contributed by atoms with Crippen LogP contribution in [0, 0.1) is 0 Å². The van der Waals surface area contributed by atoms with Crippen LogP contribution in [0.1, 0.15) is 23.5 Å². The van der Waals surface area contributed by atoms with Crippen LogP contribution < -0.4 is 15.4 Å². The fraction of sp³-hybridized carbons (Fsp3) is 0.316. The van der Waals surface area contributed by atoms with E-state index in [0.29, 0.717) is 12.0 Å². The Morgan fingerprint density at radius 2 is 2.04 bits per heavy atom. The van der Waals surface area contributed by atoms with Gasteiger partial charge < -0.3 is 15.4 Å². The van der Waals surface area contributed by atoms with Crippen molar-refractivity contribution in [3.8, 4) is 5.75 Å². The third-order valence-electron chi connectivity index (χ3n) is 4.23. The van der Waals surface area contributed by atoms with Gasteiger partial charge in [-0.3, -0.25) is 4.99 Å². The fourth-order valence-corrected chi connectivity index (χ4v) is 2.96. The monoisotopic (exact) mass is 343 g/mol. The van der Waals surface area contributed by atoms with E-state index in [1.807, 2.05) is 42.5 Å². The van der Waals surface area contributed by atoms with Gasteiger partial charge in [0.25, 0.3) is 0 Å². The van der Waals surface area contributed by atoms with Crippen LogP contribution in [-0.4, -0.2) is 26.2 Å². The molecule has 2 atom stereocenters. The number of methoxy groups -OCH3 is 1. The van der Waals surface area contributed by atoms with Crippen LogP contribution in [0.5, 0.6) is 5.75 Å². The van der Waals surface area contributed by atoms with E-state index >= 15 is 0 Å². The molecule has 2 unspecified atom stereocenters. The molecule has 4 nitrogen and oxygen atoms in total. The maximum atomic E-state index is 6.07. The topological polar surface area (TPSA) is 45.7 Å². The second kappa shape index (κ2) is 7.58. The molecule has 5 heteroatoms. The number of ether oxygens (including phenoxy) is 1. The van der Waals surface area contributed by atoms with Gasteiger partial charge in [-0.15, -0.1) is 0 Å². The lowest BCUT2D eigenvalue weighted by molar-refractivity contribution is 0.414. The Morgan fingerprint density at radius 3 is 2.71 bits per heavy atom. The van der Waals surface area contributed by atoms with E-state index in [-0.39, 0.29) is 0 Å². The van der Waals surface area contributed by atoms with Crippen molar-refractivity contribution in [3.63, 3.8) is 0 Å². The van der Waals surface area contributed by atoms with Gasteiger partial charge in [0.2, 0.25) is 0 Å². The highest BCUT2D eigenvalue weighted by Gasteiger charge is 2.39. The number of hydrogen-bond donors (Lipinski definition) is 2. The number of benzene rings is 2. The first-order valence-corrected chi connectivity index (χ1v) is 8.43. The predicted molar refractivity (Wildman–Crippen MR) is 98.9 cm³/mol. The zero-order valence-corrected chi connectivity index (χ0v) is 14.7. The molecule has 24 heavy (non-hydrogen) atoms. The Labute approximate surface area is 147 Å². The van der Waals surface area contributed by atoms with E-state index in [1.165, 1.54) is 11.1 Å². The normalized spacial score (nSPS) is 19.7. The summed E-state index contributed by atoms with van der Waals surface area (Å²) >= 11 is 6.07. The van der Waals surface area contributed by atoms with Gasteiger partial charge >= 0.3 is 0 Å². The Kier molecular flexibility index (Phi) is 5.26. The van der Waals surface area contributed by atoms with Gasteiger partial charge in [-0.25, -0.2) is 0 Å². The summed E-state index contributed by atoms with van der Waals surface area (Å²) in [6.45, 7) is 0.720. The summed E-state index contributed by atoms with van der Waals surface area (Å²) in [5.41, 5.74) is 2.46. The van der Waals surface area contributed by atoms with Gasteiger partial charge in [0.1, 0.15) is 5.75 Å². The number of halogens is 1. The summed E-state index contributed by atoms with van der Waals surface area (Å²) < 4.78 is 5.17. The van der Waals surface area contributed by atoms with Gasteiger partial charge in [-0.1, -0.05) is 35.9 Å². The van der Waals surface area contributed by atoms with E-state index in [2.05, 4.69) is 21.7 Å². The molecule has 0 spiro atoms. The van der Waals surface area contributed by atoms with Crippen molar-refractivity contribution in [1.82, 2.24) is 10.6 Å². The highest BCUT2D eigenvalue weighted by atomic mass is 35.5. The first-order chi connectivity index (χ1) is 11.7. The number of hydrogen-bond acceptors (Lipinski definition) is 2. The number of guanidine groups is 1. The third-order valence-corrected chi connectivity index (χ3v) is 4.47. The summed E-state index contributed by atoms with van der Waals surface area (Å²) in [5.74, 6) is 2.19. The minimum atomic E-state index is 0.408. The molecule has 1 fully saturated rings. The van der Waals surface area contributed by atoms with Crippen molar-refractivity contribution in [2.75, 3.05) is 14.2 Å². The summed E-state index contributed by atoms with van der Waals surface area (Å²) in [5, 5.41) is 7.61. The standard InChI is InChI=1S/C19H22ClN3O/c1-21-19(22-12-13-6-8-16(24-2)9-7-13)23-18-11-17(18)14-4-3-5-15(20)10-14/h3-10,17-18H,11-12H2,1-2H3,(H2,21,22,23). The molecule has 2 aromatic rings. The molecule has 2 aromatic carbocycles. The molecule has 0 saturated heterocycles. The maximum Gasteiger partial charge on any atom is 0.191 e. The van der Waals surface area contributed by atoms with Crippen LogP contribution in [0.3, 0.4) is 0 Å². The molecule has 0 amide bonds. The zero-order valence-electron chi connectivity index (χ0n) is 13.9. The van der Waals surface area contributed by atoms with Crippen LogP contribution in [0.4, 0.5) is 0 Å². The Bertz CT molecular complexity index is 715. The Hall–Kier alpha value is -2.20. The van der Waals surface area contributed by atoms with E-state index in [0.717, 1.165) is 29.7 Å². The molecular weight excluding hydrogens is 322 g/mol. The fourth-order valence-electron chi connectivity index (χ4n) is 2.76. The van der Waals surface area contributed by atoms with Crippen LogP contribution >= 0.6 is 11.6 Å². The van der Waals surface area contributed by atoms with E-state index < -0.39 is 0 Å². The van der Waals surface area contributed by atoms with E-state index in [4.69, 9.17) is 16.3 Å². The molecule has 1 aliphatic carbocycles. The molecule has 0 aromatic heterocycles. The van der Waals surface area contributed by atoms with Gasteiger partial charge in [-0.05, 0) is 41.8 Å². The molecular formula is C19H22ClN3O. The smallest absolute Gasteiger partial charge is 0.191 e. The van der Waals surface area contributed by atoms with E-state index in [1.54, 1.807) is 14.2 Å². The second-order valence-electron chi connectivity index (χ2n) is 5.92. The molecule has 1 saturated carbocycles. The van der Waals surface area contributed by atoms with Gasteiger partial charge in [-0.2, -0.15) is 0 Å². The molecule has 0 aliphatic heterocycles. The molecule has 2 N–H and O–H groups in total. The van der Waals surface area contributed by atoms with Crippen molar-refractivity contribution in [3.05, 3.63) is 64.7 Å². The van der Waals surface area contributed by atoms with Crippen molar-refractivity contribution >= 4 is 17.6 Å². The maximum absolute atomic E-state index is 6.07. The molecule has 3 rings (SSSR count). The lowest BCUT2D eigenvalue weighted by atomic mass is 10.1. The number of nitrogens with one attached hydrogen (secondary N) is 2. The van der Waals surface area contributed by atoms with Crippen molar-refractivity contribution in [2.45, 2.75) is 24.9 Å². The highest BCUT2D eigenvalue weighted by Crippen LogP contribution is 2.41. The molecule has 0 radical (unpaired) electrons. The van der Waals surface area contributed by atoms with Gasteiger partial charge in [0.05, 0.1) is 7.11 Å². The molecule has 0 heterocycles. The quantitative estimate of drug-likeness (QED) is 0.644. The molecule has 126 valence electrons. The van der Waals surface area contributed by atoms with Crippen LogP contribution in [0.25, 0.3) is 0 Å². The third kappa shape index (κ3) is 4.20. The molecule has 1 aliphatic rings. The Balaban J connectivity index is 1.51. The van der Waals surface area contributed by atoms with Gasteiger partial charge in [0.15, 0.2) is 5.96 Å². The highest BCUT2D eigenvalue weighted by molar-refractivity contribution is 6.30. The first-order valence-electron chi connectivity index (χ1n) is 8.05. The average molecular weight is 344 g/mol. The lowest BCUT2D eigenvalue weighted by Gasteiger charge is -2.12. The van der Waals surface area contributed by atoms with Crippen molar-refractivity contribution < 1.29 is 4.74 Å². The van der Waals surface area contributed by atoms with Crippen LogP contribution in [0.2, 0.25) is 5.02 Å². The number of rotatable bonds is 5. The molecule has 0 bridgehead atoms. The predicted octanol–water partition coefficient (Wildman–Crippen LogP) is 3.57. The summed E-state index contributed by atoms with van der Waals surface area (Å²) in [6.07, 6.45) is 1.10. The SMILES string of the molecule is CN=C(NCc1ccc(OC)cc1)NC1CC1c1cccc(Cl)c1. The minimum Gasteiger partial charge on any atom is -0.497 e. The first kappa shape index (κ1) is 16.7. The van der Waals surface area contributed by atoms with E-state index in [9.17, 15) is 0 Å². The van der Waals surface area contributed by atoms with Gasteiger partial charge in [0, 0.05) is 30.6 Å². The van der Waals surface area contributed by atoms with Crippen LogP contribution in [-0.2, 0) is 6.54 Å². The summed E-state index contributed by atoms with van der Waals surface area (Å²) in [6, 6.07) is 16.5. The number of aliphatic imine (C=N–C) groups is 1.